The predicted octanol–water partition coefficient (Wildman–Crippen LogP) is 0.746. The Balaban J connectivity index is 1.93. The van der Waals surface area contributed by atoms with E-state index in [0.29, 0.717) is 5.54 Å². The van der Waals surface area contributed by atoms with Crippen molar-refractivity contribution in [3.8, 4) is 0 Å². The molecule has 2 rings (SSSR count). The Morgan fingerprint density at radius 2 is 1.47 bits per heavy atom. The van der Waals surface area contributed by atoms with E-state index in [4.69, 9.17) is 0 Å². The van der Waals surface area contributed by atoms with Crippen molar-refractivity contribution in [3.63, 3.8) is 0 Å². The Kier molecular flexibility index (Phi) is 6.07. The largest absolute Gasteiger partial charge is 0.315 e. The Morgan fingerprint density at radius 1 is 0.737 bits per heavy atom. The number of hydrogen-bond donors (Lipinski definition) is 2. The van der Waals surface area contributed by atoms with Gasteiger partial charge in [0, 0.05) is 31.7 Å². The van der Waals surface area contributed by atoms with Crippen molar-refractivity contribution in [2.24, 2.45) is 0 Å². The lowest BCUT2D eigenvalue weighted by atomic mass is 9.97. The van der Waals surface area contributed by atoms with E-state index in [1.165, 1.54) is 52.0 Å². The summed E-state index contributed by atoms with van der Waals surface area (Å²) < 4.78 is 0. The maximum atomic E-state index is 3.57. The van der Waals surface area contributed by atoms with Gasteiger partial charge in [-0.3, -0.25) is 4.90 Å². The molecule has 112 valence electrons. The molecule has 4 heteroatoms. The first-order valence-corrected chi connectivity index (χ1v) is 8.07. The lowest BCUT2D eigenvalue weighted by molar-refractivity contribution is 0.114. The fourth-order valence-corrected chi connectivity index (χ4v) is 3.21. The average Bonchev–Trinajstić information content (AvgIpc) is 2.62. The van der Waals surface area contributed by atoms with Gasteiger partial charge in [-0.1, -0.05) is 0 Å². The normalized spacial score (nSPS) is 34.4. The van der Waals surface area contributed by atoms with Crippen molar-refractivity contribution in [3.05, 3.63) is 0 Å². The average molecular weight is 268 g/mol. The van der Waals surface area contributed by atoms with Gasteiger partial charge in [-0.05, 0) is 65.8 Å². The Hall–Kier alpha value is -0.160. The first-order valence-electron chi connectivity index (χ1n) is 8.07. The molecule has 4 nitrogen and oxygen atoms in total. The quantitative estimate of drug-likeness (QED) is 0.679. The van der Waals surface area contributed by atoms with Crippen molar-refractivity contribution in [1.82, 2.24) is 20.4 Å². The van der Waals surface area contributed by atoms with Crippen molar-refractivity contribution in [1.29, 1.82) is 0 Å². The molecule has 0 aromatic heterocycles. The van der Waals surface area contributed by atoms with Gasteiger partial charge < -0.3 is 15.5 Å². The van der Waals surface area contributed by atoms with Crippen LogP contribution in [0.15, 0.2) is 0 Å². The number of fused-ring (bicyclic) bond motifs is 3. The molecule has 2 aliphatic rings. The third-order valence-electron chi connectivity index (χ3n) is 4.66. The van der Waals surface area contributed by atoms with Crippen LogP contribution >= 0.6 is 0 Å². The minimum atomic E-state index is 0.334. The lowest BCUT2D eigenvalue weighted by Crippen LogP contribution is -2.47. The smallest absolute Gasteiger partial charge is 0.0165 e. The van der Waals surface area contributed by atoms with Crippen LogP contribution in [0.25, 0.3) is 0 Å². The van der Waals surface area contributed by atoms with Gasteiger partial charge in [-0.15, -0.1) is 0 Å². The zero-order chi connectivity index (χ0) is 13.6. The maximum absolute atomic E-state index is 3.57. The van der Waals surface area contributed by atoms with Crippen molar-refractivity contribution in [2.75, 3.05) is 58.9 Å². The van der Waals surface area contributed by atoms with Crippen LogP contribution in [0.3, 0.4) is 0 Å². The highest BCUT2D eigenvalue weighted by Crippen LogP contribution is 2.20. The summed E-state index contributed by atoms with van der Waals surface area (Å²) in [6.07, 6.45) is 3.85. The van der Waals surface area contributed by atoms with Crippen LogP contribution in [-0.4, -0.2) is 74.2 Å². The summed E-state index contributed by atoms with van der Waals surface area (Å²) in [5.41, 5.74) is 0.334. The topological polar surface area (TPSA) is 30.5 Å². The molecule has 2 fully saturated rings. The third kappa shape index (κ3) is 5.03. The summed E-state index contributed by atoms with van der Waals surface area (Å²) in [4.78, 5) is 5.36. The van der Waals surface area contributed by atoms with Gasteiger partial charge in [0.15, 0.2) is 0 Å². The number of nitrogens with one attached hydrogen (secondary N) is 2. The van der Waals surface area contributed by atoms with Crippen LogP contribution in [0.5, 0.6) is 0 Å². The second kappa shape index (κ2) is 7.58. The van der Waals surface area contributed by atoms with E-state index in [1.54, 1.807) is 0 Å². The molecule has 19 heavy (non-hydrogen) atoms. The second-order valence-electron chi connectivity index (χ2n) is 6.60. The van der Waals surface area contributed by atoms with Crippen molar-refractivity contribution >= 4 is 0 Å². The van der Waals surface area contributed by atoms with Gasteiger partial charge in [0.1, 0.15) is 0 Å². The SMILES string of the molecule is CC1(C)CCNCCNCCCN2CCCN1CC2. The fraction of sp³-hybridized carbons (Fsp3) is 1.00. The standard InChI is InChI=1S/C15H32N4/c1-15(2)5-7-17-9-8-16-6-3-10-18-11-4-12-19(15)14-13-18/h16-17H,3-14H2,1-2H3. The first kappa shape index (κ1) is 15.2. The van der Waals surface area contributed by atoms with Crippen LogP contribution < -0.4 is 10.6 Å². The molecule has 0 saturated carbocycles. The molecule has 0 radical (unpaired) electrons. The highest BCUT2D eigenvalue weighted by molar-refractivity contribution is 4.85. The number of nitrogens with zero attached hydrogens (tertiary/aromatic N) is 2. The monoisotopic (exact) mass is 268 g/mol. The molecule has 2 saturated heterocycles. The Labute approximate surface area is 118 Å². The van der Waals surface area contributed by atoms with E-state index in [0.717, 1.165) is 26.2 Å². The molecule has 2 aliphatic heterocycles. The summed E-state index contributed by atoms with van der Waals surface area (Å²) >= 11 is 0. The third-order valence-corrected chi connectivity index (χ3v) is 4.66. The van der Waals surface area contributed by atoms with E-state index in [1.807, 2.05) is 0 Å². The van der Waals surface area contributed by atoms with Crippen molar-refractivity contribution in [2.45, 2.75) is 38.6 Å². The van der Waals surface area contributed by atoms with Crippen LogP contribution in [0.1, 0.15) is 33.1 Å². The Bertz CT molecular complexity index is 255. The molecule has 0 amide bonds. The predicted molar refractivity (Wildman–Crippen MR) is 81.7 cm³/mol. The van der Waals surface area contributed by atoms with E-state index >= 15 is 0 Å². The van der Waals surface area contributed by atoms with Gasteiger partial charge >= 0.3 is 0 Å². The highest BCUT2D eigenvalue weighted by atomic mass is 15.3. The van der Waals surface area contributed by atoms with Gasteiger partial charge in [-0.25, -0.2) is 0 Å². The molecule has 0 aromatic carbocycles. The molecule has 2 unspecified atom stereocenters. The fourth-order valence-electron chi connectivity index (χ4n) is 3.21. The molecule has 0 aliphatic carbocycles. The van der Waals surface area contributed by atoms with Gasteiger partial charge in [0.05, 0.1) is 0 Å². The van der Waals surface area contributed by atoms with Crippen LogP contribution in [0.4, 0.5) is 0 Å². The van der Waals surface area contributed by atoms with E-state index in [2.05, 4.69) is 34.3 Å². The van der Waals surface area contributed by atoms with Crippen LogP contribution in [0.2, 0.25) is 0 Å². The highest BCUT2D eigenvalue weighted by Gasteiger charge is 2.27. The summed E-state index contributed by atoms with van der Waals surface area (Å²) in [6.45, 7) is 15.6. The zero-order valence-electron chi connectivity index (χ0n) is 12.9. The first-order chi connectivity index (χ1) is 9.18. The molecule has 2 heterocycles. The maximum Gasteiger partial charge on any atom is 0.0165 e. The molecule has 2 atom stereocenters. The Morgan fingerprint density at radius 3 is 2.32 bits per heavy atom. The molecule has 0 spiro atoms. The minimum Gasteiger partial charge on any atom is -0.315 e. The lowest BCUT2D eigenvalue weighted by Gasteiger charge is -2.38. The van der Waals surface area contributed by atoms with Crippen LogP contribution in [0, 0.1) is 0 Å². The molecule has 2 N–H and O–H groups in total. The van der Waals surface area contributed by atoms with E-state index in [-0.39, 0.29) is 0 Å². The van der Waals surface area contributed by atoms with E-state index < -0.39 is 0 Å². The van der Waals surface area contributed by atoms with E-state index in [9.17, 15) is 0 Å². The number of rotatable bonds is 0. The second-order valence-corrected chi connectivity index (χ2v) is 6.60. The molecular weight excluding hydrogens is 236 g/mol. The zero-order valence-corrected chi connectivity index (χ0v) is 12.9. The molecular formula is C15H32N4. The summed E-state index contributed by atoms with van der Waals surface area (Å²) in [5, 5.41) is 7.10. The minimum absolute atomic E-state index is 0.334. The van der Waals surface area contributed by atoms with Gasteiger partial charge in [0.2, 0.25) is 0 Å². The van der Waals surface area contributed by atoms with Gasteiger partial charge in [-0.2, -0.15) is 0 Å². The summed E-state index contributed by atoms with van der Waals surface area (Å²) in [5.74, 6) is 0. The van der Waals surface area contributed by atoms with Crippen molar-refractivity contribution < 1.29 is 0 Å². The van der Waals surface area contributed by atoms with Gasteiger partial charge in [0.25, 0.3) is 0 Å². The summed E-state index contributed by atoms with van der Waals surface area (Å²) in [7, 11) is 0. The molecule has 2 bridgehead atoms. The summed E-state index contributed by atoms with van der Waals surface area (Å²) in [6, 6.07) is 0. The molecule has 0 aromatic rings. The van der Waals surface area contributed by atoms with Crippen LogP contribution in [-0.2, 0) is 0 Å². The number of hydrogen-bond acceptors (Lipinski definition) is 4.